The zero-order chi connectivity index (χ0) is 12.8. The predicted molar refractivity (Wildman–Crippen MR) is 75.2 cm³/mol. The summed E-state index contributed by atoms with van der Waals surface area (Å²) in [4.78, 5) is 14.2. The van der Waals surface area contributed by atoms with Crippen molar-refractivity contribution in [3.8, 4) is 0 Å². The fraction of sp³-hybridized carbons (Fsp3) is 0.500. The van der Waals surface area contributed by atoms with Gasteiger partial charge >= 0.3 is 0 Å². The second-order valence-corrected chi connectivity index (χ2v) is 5.28. The van der Waals surface area contributed by atoms with Gasteiger partial charge in [0.25, 0.3) is 5.91 Å². The molecule has 94 valence electrons. The van der Waals surface area contributed by atoms with E-state index in [9.17, 15) is 4.79 Å². The molecule has 17 heavy (non-hydrogen) atoms. The van der Waals surface area contributed by atoms with Crippen LogP contribution in [0.15, 0.2) is 28.7 Å². The van der Waals surface area contributed by atoms with Crippen LogP contribution in [0.1, 0.15) is 37.6 Å². The van der Waals surface area contributed by atoms with Crippen molar-refractivity contribution in [2.45, 2.75) is 27.2 Å². The second kappa shape index (κ2) is 6.80. The van der Waals surface area contributed by atoms with Crippen LogP contribution in [-0.2, 0) is 0 Å². The third-order valence-corrected chi connectivity index (χ3v) is 3.46. The summed E-state index contributed by atoms with van der Waals surface area (Å²) in [7, 11) is 0. The molecule has 1 atom stereocenters. The summed E-state index contributed by atoms with van der Waals surface area (Å²) in [5.41, 5.74) is 0.754. The van der Waals surface area contributed by atoms with E-state index in [0.717, 1.165) is 29.5 Å². The number of hydrogen-bond acceptors (Lipinski definition) is 1. The van der Waals surface area contributed by atoms with E-state index in [1.165, 1.54) is 0 Å². The molecule has 2 nitrogen and oxygen atoms in total. The van der Waals surface area contributed by atoms with Crippen molar-refractivity contribution in [3.05, 3.63) is 34.3 Å². The maximum Gasteiger partial charge on any atom is 0.253 e. The second-order valence-electron chi connectivity index (χ2n) is 4.37. The standard InChI is InChI=1S/C14H20BrNO/c1-4-11(3)10-16(5-2)14(17)12-7-6-8-13(15)9-12/h6-9,11H,4-5,10H2,1-3H3. The van der Waals surface area contributed by atoms with E-state index < -0.39 is 0 Å². The van der Waals surface area contributed by atoms with Gasteiger partial charge in [-0.25, -0.2) is 0 Å². The highest BCUT2D eigenvalue weighted by Crippen LogP contribution is 2.14. The summed E-state index contributed by atoms with van der Waals surface area (Å²) in [5, 5.41) is 0. The molecular formula is C14H20BrNO. The van der Waals surface area contributed by atoms with E-state index in [2.05, 4.69) is 29.8 Å². The smallest absolute Gasteiger partial charge is 0.253 e. The van der Waals surface area contributed by atoms with Crippen LogP contribution >= 0.6 is 15.9 Å². The first-order valence-electron chi connectivity index (χ1n) is 6.13. The van der Waals surface area contributed by atoms with Crippen molar-refractivity contribution >= 4 is 21.8 Å². The average molecular weight is 298 g/mol. The SMILES string of the molecule is CCC(C)CN(CC)C(=O)c1cccc(Br)c1. The van der Waals surface area contributed by atoms with Gasteiger partial charge in [0.05, 0.1) is 0 Å². The van der Waals surface area contributed by atoms with Crippen molar-refractivity contribution in [2.24, 2.45) is 5.92 Å². The zero-order valence-corrected chi connectivity index (χ0v) is 12.3. The van der Waals surface area contributed by atoms with Gasteiger partial charge in [-0.05, 0) is 31.0 Å². The Bertz CT molecular complexity index is 378. The van der Waals surface area contributed by atoms with Gasteiger partial charge in [-0.3, -0.25) is 4.79 Å². The molecule has 0 heterocycles. The van der Waals surface area contributed by atoms with Crippen LogP contribution in [0, 0.1) is 5.92 Å². The predicted octanol–water partition coefficient (Wildman–Crippen LogP) is 3.96. The number of halogens is 1. The molecule has 0 saturated carbocycles. The Labute approximate surface area is 112 Å². The molecule has 1 rings (SSSR count). The van der Waals surface area contributed by atoms with Crippen LogP contribution < -0.4 is 0 Å². The third-order valence-electron chi connectivity index (χ3n) is 2.97. The van der Waals surface area contributed by atoms with Crippen molar-refractivity contribution in [3.63, 3.8) is 0 Å². The monoisotopic (exact) mass is 297 g/mol. The Kier molecular flexibility index (Phi) is 5.69. The van der Waals surface area contributed by atoms with Crippen LogP contribution in [0.2, 0.25) is 0 Å². The Morgan fingerprint density at radius 3 is 2.65 bits per heavy atom. The number of carbonyl (C=O) groups excluding carboxylic acids is 1. The van der Waals surface area contributed by atoms with Gasteiger partial charge in [0.15, 0.2) is 0 Å². The summed E-state index contributed by atoms with van der Waals surface area (Å²) in [5.74, 6) is 0.667. The van der Waals surface area contributed by atoms with Crippen LogP contribution in [0.25, 0.3) is 0 Å². The van der Waals surface area contributed by atoms with E-state index in [1.54, 1.807) is 0 Å². The third kappa shape index (κ3) is 4.15. The van der Waals surface area contributed by atoms with Crippen molar-refractivity contribution in [1.29, 1.82) is 0 Å². The molecule has 0 aliphatic heterocycles. The lowest BCUT2D eigenvalue weighted by Crippen LogP contribution is -2.34. The maximum absolute atomic E-state index is 12.3. The molecule has 0 radical (unpaired) electrons. The summed E-state index contributed by atoms with van der Waals surface area (Å²) in [6, 6.07) is 7.57. The largest absolute Gasteiger partial charge is 0.339 e. The Hall–Kier alpha value is -0.830. The number of amides is 1. The van der Waals surface area contributed by atoms with Crippen LogP contribution in [0.4, 0.5) is 0 Å². The van der Waals surface area contributed by atoms with Gasteiger partial charge < -0.3 is 4.90 Å². The maximum atomic E-state index is 12.3. The van der Waals surface area contributed by atoms with Gasteiger partial charge in [-0.1, -0.05) is 42.3 Å². The molecule has 0 aromatic heterocycles. The van der Waals surface area contributed by atoms with Crippen LogP contribution in [0.3, 0.4) is 0 Å². The molecule has 1 unspecified atom stereocenters. The zero-order valence-electron chi connectivity index (χ0n) is 10.7. The van der Waals surface area contributed by atoms with Crippen molar-refractivity contribution in [2.75, 3.05) is 13.1 Å². The van der Waals surface area contributed by atoms with Gasteiger partial charge in [0, 0.05) is 23.1 Å². The molecule has 0 spiro atoms. The normalized spacial score (nSPS) is 12.2. The lowest BCUT2D eigenvalue weighted by Gasteiger charge is -2.24. The van der Waals surface area contributed by atoms with E-state index in [4.69, 9.17) is 0 Å². The molecule has 0 bridgehead atoms. The lowest BCUT2D eigenvalue weighted by atomic mass is 10.1. The molecule has 0 fully saturated rings. The van der Waals surface area contributed by atoms with Crippen LogP contribution in [0.5, 0.6) is 0 Å². The number of rotatable bonds is 5. The molecular weight excluding hydrogens is 278 g/mol. The topological polar surface area (TPSA) is 20.3 Å². The minimum absolute atomic E-state index is 0.120. The minimum Gasteiger partial charge on any atom is -0.339 e. The Morgan fingerprint density at radius 1 is 1.41 bits per heavy atom. The van der Waals surface area contributed by atoms with Gasteiger partial charge in [0.2, 0.25) is 0 Å². The van der Waals surface area contributed by atoms with Crippen LogP contribution in [-0.4, -0.2) is 23.9 Å². The summed E-state index contributed by atoms with van der Waals surface area (Å²) >= 11 is 3.40. The number of benzene rings is 1. The summed E-state index contributed by atoms with van der Waals surface area (Å²) in [6.07, 6.45) is 1.10. The molecule has 0 aliphatic carbocycles. The minimum atomic E-state index is 0.120. The van der Waals surface area contributed by atoms with E-state index >= 15 is 0 Å². The molecule has 0 aliphatic rings. The van der Waals surface area contributed by atoms with Gasteiger partial charge in [0.1, 0.15) is 0 Å². The van der Waals surface area contributed by atoms with Crippen molar-refractivity contribution < 1.29 is 4.79 Å². The fourth-order valence-corrected chi connectivity index (χ4v) is 2.06. The molecule has 1 amide bonds. The first-order chi connectivity index (χ1) is 8.08. The average Bonchev–Trinajstić information content (AvgIpc) is 2.34. The summed E-state index contributed by atoms with van der Waals surface area (Å²) < 4.78 is 0.947. The summed E-state index contributed by atoms with van der Waals surface area (Å²) in [6.45, 7) is 7.95. The molecule has 1 aromatic carbocycles. The highest BCUT2D eigenvalue weighted by atomic mass is 79.9. The number of nitrogens with zero attached hydrogens (tertiary/aromatic N) is 1. The van der Waals surface area contributed by atoms with E-state index in [0.29, 0.717) is 5.92 Å². The Morgan fingerprint density at radius 2 is 2.12 bits per heavy atom. The van der Waals surface area contributed by atoms with Crippen molar-refractivity contribution in [1.82, 2.24) is 4.90 Å². The molecule has 0 N–H and O–H groups in total. The molecule has 1 aromatic rings. The Balaban J connectivity index is 2.79. The number of carbonyl (C=O) groups is 1. The van der Waals surface area contributed by atoms with E-state index in [1.807, 2.05) is 36.1 Å². The lowest BCUT2D eigenvalue weighted by molar-refractivity contribution is 0.0741. The van der Waals surface area contributed by atoms with Gasteiger partial charge in [-0.15, -0.1) is 0 Å². The highest BCUT2D eigenvalue weighted by Gasteiger charge is 2.16. The fourth-order valence-electron chi connectivity index (χ4n) is 1.67. The van der Waals surface area contributed by atoms with E-state index in [-0.39, 0.29) is 5.91 Å². The van der Waals surface area contributed by atoms with Gasteiger partial charge in [-0.2, -0.15) is 0 Å². The highest BCUT2D eigenvalue weighted by molar-refractivity contribution is 9.10. The molecule has 0 saturated heterocycles. The quantitative estimate of drug-likeness (QED) is 0.806. The first kappa shape index (κ1) is 14.2. The first-order valence-corrected chi connectivity index (χ1v) is 6.92. The molecule has 3 heteroatoms. The number of hydrogen-bond donors (Lipinski definition) is 0.